The van der Waals surface area contributed by atoms with E-state index in [1.54, 1.807) is 0 Å². The Labute approximate surface area is 128 Å². The second kappa shape index (κ2) is 4.65. The van der Waals surface area contributed by atoms with Gasteiger partial charge in [0, 0.05) is 23.2 Å². The van der Waals surface area contributed by atoms with Gasteiger partial charge in [0.1, 0.15) is 17.9 Å². The number of carboxylic acids is 1. The maximum absolute atomic E-state index is 13.6. The molecule has 1 aliphatic carbocycles. The Hall–Kier alpha value is -2.70. The van der Waals surface area contributed by atoms with Gasteiger partial charge in [-0.3, -0.25) is 4.79 Å². The highest BCUT2D eigenvalue weighted by Gasteiger charge is 2.33. The minimum Gasteiger partial charge on any atom is -0.488 e. The molecular formula is C16H11F2NO4. The zero-order valence-corrected chi connectivity index (χ0v) is 11.8. The second-order valence-corrected chi connectivity index (χ2v) is 5.69. The Bertz CT molecular complexity index is 915. The van der Waals surface area contributed by atoms with E-state index in [1.165, 1.54) is 10.6 Å². The third-order valence-corrected chi connectivity index (χ3v) is 4.12. The van der Waals surface area contributed by atoms with Gasteiger partial charge in [-0.15, -0.1) is 0 Å². The van der Waals surface area contributed by atoms with Crippen molar-refractivity contribution in [3.05, 3.63) is 51.3 Å². The number of pyridine rings is 1. The third-order valence-electron chi connectivity index (χ3n) is 4.12. The van der Waals surface area contributed by atoms with Crippen LogP contribution in [0.15, 0.2) is 23.0 Å². The normalized spacial score (nSPS) is 15.6. The van der Waals surface area contributed by atoms with Crippen molar-refractivity contribution in [2.75, 3.05) is 0 Å². The molecule has 0 bridgehead atoms. The summed E-state index contributed by atoms with van der Waals surface area (Å²) >= 11 is 0. The van der Waals surface area contributed by atoms with E-state index in [0.29, 0.717) is 11.3 Å². The zero-order valence-electron chi connectivity index (χ0n) is 11.8. The number of aromatic nitrogens is 1. The lowest BCUT2D eigenvalue weighted by Crippen LogP contribution is -2.30. The molecule has 1 aromatic heterocycles. The number of fused-ring (bicyclic) bond motifs is 3. The first-order valence-corrected chi connectivity index (χ1v) is 7.11. The Morgan fingerprint density at radius 1 is 1.22 bits per heavy atom. The highest BCUT2D eigenvalue weighted by molar-refractivity contribution is 5.88. The molecule has 1 aliphatic heterocycles. The first-order valence-electron chi connectivity index (χ1n) is 7.11. The van der Waals surface area contributed by atoms with Crippen LogP contribution >= 0.6 is 0 Å². The van der Waals surface area contributed by atoms with E-state index in [9.17, 15) is 23.5 Å². The van der Waals surface area contributed by atoms with Crippen molar-refractivity contribution in [2.45, 2.75) is 25.5 Å². The van der Waals surface area contributed by atoms with Gasteiger partial charge in [0.2, 0.25) is 0 Å². The molecule has 23 heavy (non-hydrogen) atoms. The van der Waals surface area contributed by atoms with Crippen LogP contribution < -0.4 is 10.3 Å². The Balaban J connectivity index is 2.07. The summed E-state index contributed by atoms with van der Waals surface area (Å²) in [4.78, 5) is 23.8. The van der Waals surface area contributed by atoms with Gasteiger partial charge < -0.3 is 14.4 Å². The van der Waals surface area contributed by atoms with Crippen molar-refractivity contribution in [2.24, 2.45) is 0 Å². The van der Waals surface area contributed by atoms with Gasteiger partial charge in [-0.05, 0) is 25.0 Å². The minimum absolute atomic E-state index is 0.000680. The minimum atomic E-state index is -1.32. The largest absolute Gasteiger partial charge is 0.488 e. The summed E-state index contributed by atoms with van der Waals surface area (Å²) in [6.07, 6.45) is 1.49. The van der Waals surface area contributed by atoms with Gasteiger partial charge in [0.25, 0.3) is 5.56 Å². The van der Waals surface area contributed by atoms with Crippen LogP contribution in [0.1, 0.15) is 34.8 Å². The van der Waals surface area contributed by atoms with Crippen molar-refractivity contribution in [1.29, 1.82) is 0 Å². The fraction of sp³-hybridized carbons (Fsp3) is 0.250. The predicted octanol–water partition coefficient (Wildman–Crippen LogP) is 2.72. The summed E-state index contributed by atoms with van der Waals surface area (Å²) < 4.78 is 33.8. The number of hydrogen-bond donors (Lipinski definition) is 1. The van der Waals surface area contributed by atoms with Crippen LogP contribution in [0.3, 0.4) is 0 Å². The summed E-state index contributed by atoms with van der Waals surface area (Å²) in [6, 6.07) is 3.07. The molecule has 7 heteroatoms. The molecule has 1 fully saturated rings. The number of carbonyl (C=O) groups is 1. The lowest BCUT2D eigenvalue weighted by molar-refractivity contribution is 0.0694. The Morgan fingerprint density at radius 3 is 2.57 bits per heavy atom. The van der Waals surface area contributed by atoms with Gasteiger partial charge in [0.15, 0.2) is 11.6 Å². The number of carboxylic acid groups (broad SMARTS) is 1. The zero-order chi connectivity index (χ0) is 16.3. The van der Waals surface area contributed by atoms with Crippen LogP contribution in [-0.4, -0.2) is 15.6 Å². The summed E-state index contributed by atoms with van der Waals surface area (Å²) in [5, 5.41) is 9.21. The third kappa shape index (κ3) is 2.03. The second-order valence-electron chi connectivity index (χ2n) is 5.69. The summed E-state index contributed by atoms with van der Waals surface area (Å²) in [5.41, 5.74) is 0.197. The molecule has 0 unspecified atom stereocenters. The van der Waals surface area contributed by atoms with Crippen LogP contribution in [0, 0.1) is 11.6 Å². The van der Waals surface area contributed by atoms with Gasteiger partial charge >= 0.3 is 5.97 Å². The molecule has 118 valence electrons. The van der Waals surface area contributed by atoms with Crippen LogP contribution in [0.25, 0.3) is 11.3 Å². The first-order chi connectivity index (χ1) is 11.0. The van der Waals surface area contributed by atoms with Crippen LogP contribution in [0.5, 0.6) is 5.75 Å². The van der Waals surface area contributed by atoms with Crippen molar-refractivity contribution in [1.82, 2.24) is 4.57 Å². The smallest absolute Gasteiger partial charge is 0.341 e. The molecule has 0 saturated heterocycles. The maximum Gasteiger partial charge on any atom is 0.341 e. The fourth-order valence-corrected chi connectivity index (χ4v) is 2.93. The lowest BCUT2D eigenvalue weighted by Gasteiger charge is -2.25. The monoisotopic (exact) mass is 319 g/mol. The summed E-state index contributed by atoms with van der Waals surface area (Å²) in [5.74, 6) is -3.25. The number of nitrogens with zero attached hydrogens (tertiary/aromatic N) is 1. The predicted molar refractivity (Wildman–Crippen MR) is 75.6 cm³/mol. The average molecular weight is 319 g/mol. The molecule has 1 N–H and O–H groups in total. The molecule has 0 radical (unpaired) electrons. The van der Waals surface area contributed by atoms with Gasteiger partial charge in [-0.1, -0.05) is 0 Å². The van der Waals surface area contributed by atoms with E-state index in [2.05, 4.69) is 0 Å². The van der Waals surface area contributed by atoms with E-state index in [0.717, 1.165) is 25.0 Å². The van der Waals surface area contributed by atoms with Crippen LogP contribution in [-0.2, 0) is 6.61 Å². The highest BCUT2D eigenvalue weighted by atomic mass is 19.2. The van der Waals surface area contributed by atoms with Gasteiger partial charge in [-0.25, -0.2) is 13.6 Å². The molecule has 4 rings (SSSR count). The Morgan fingerprint density at radius 2 is 1.91 bits per heavy atom. The van der Waals surface area contributed by atoms with Gasteiger partial charge in [0.05, 0.1) is 5.69 Å². The average Bonchev–Trinajstić information content (AvgIpc) is 3.32. The molecule has 0 spiro atoms. The fourth-order valence-electron chi connectivity index (χ4n) is 2.93. The first kappa shape index (κ1) is 13.9. The SMILES string of the molecule is O=C(O)c1cc2c(n(C3CC3)c1=O)-c1cc(F)c(F)cc1OC2. The highest BCUT2D eigenvalue weighted by Crippen LogP contribution is 2.43. The van der Waals surface area contributed by atoms with E-state index in [4.69, 9.17) is 4.74 Å². The molecule has 0 atom stereocenters. The molecular weight excluding hydrogens is 308 g/mol. The van der Waals surface area contributed by atoms with Crippen molar-refractivity contribution < 1.29 is 23.4 Å². The number of aromatic carboxylic acids is 1. The standard InChI is InChI=1S/C16H11F2NO4/c17-11-4-9-13(5-12(11)18)23-6-7-3-10(16(21)22)15(20)19(14(7)9)8-1-2-8/h3-5,8H,1-2,6H2,(H,21,22). The molecule has 0 amide bonds. The lowest BCUT2D eigenvalue weighted by atomic mass is 9.99. The summed E-state index contributed by atoms with van der Waals surface area (Å²) in [7, 11) is 0. The Kier molecular flexibility index (Phi) is 2.81. The number of halogens is 2. The van der Waals surface area contributed by atoms with Crippen LogP contribution in [0.4, 0.5) is 8.78 Å². The van der Waals surface area contributed by atoms with E-state index in [-0.39, 0.29) is 29.5 Å². The van der Waals surface area contributed by atoms with Crippen molar-refractivity contribution >= 4 is 5.97 Å². The number of rotatable bonds is 2. The molecule has 1 saturated carbocycles. The van der Waals surface area contributed by atoms with E-state index < -0.39 is 23.2 Å². The molecule has 2 aromatic rings. The van der Waals surface area contributed by atoms with Crippen molar-refractivity contribution in [3.8, 4) is 17.0 Å². The molecule has 5 nitrogen and oxygen atoms in total. The number of hydrogen-bond acceptors (Lipinski definition) is 3. The van der Waals surface area contributed by atoms with Crippen molar-refractivity contribution in [3.63, 3.8) is 0 Å². The number of benzene rings is 1. The molecule has 1 aromatic carbocycles. The van der Waals surface area contributed by atoms with Crippen LogP contribution in [0.2, 0.25) is 0 Å². The molecule has 2 heterocycles. The number of ether oxygens (including phenoxy) is 1. The van der Waals surface area contributed by atoms with E-state index in [1.807, 2.05) is 0 Å². The van der Waals surface area contributed by atoms with E-state index >= 15 is 0 Å². The topological polar surface area (TPSA) is 68.5 Å². The van der Waals surface area contributed by atoms with Gasteiger partial charge in [-0.2, -0.15) is 0 Å². The summed E-state index contributed by atoms with van der Waals surface area (Å²) in [6.45, 7) is 0.000680. The maximum atomic E-state index is 13.6. The quantitative estimate of drug-likeness (QED) is 0.924. The molecule has 2 aliphatic rings.